The van der Waals surface area contributed by atoms with Crippen LogP contribution in [0.25, 0.3) is 11.5 Å². The largest absolute Gasteiger partial charge is 0.437 e. The van der Waals surface area contributed by atoms with Gasteiger partial charge >= 0.3 is 5.76 Å². The zero-order valence-corrected chi connectivity index (χ0v) is 13.4. The number of nitrogens with zero attached hydrogens (tertiary/aromatic N) is 2. The molecule has 0 atom stereocenters. The summed E-state index contributed by atoms with van der Waals surface area (Å²) in [4.78, 5) is 23.6. The summed E-state index contributed by atoms with van der Waals surface area (Å²) in [6.07, 6.45) is 0.827. The number of nitrogens with one attached hydrogen (secondary N) is 1. The minimum atomic E-state index is -0.727. The first-order valence-corrected chi connectivity index (χ1v) is 7.35. The van der Waals surface area contributed by atoms with Gasteiger partial charge in [0.25, 0.3) is 0 Å². The molecule has 0 spiro atoms. The van der Waals surface area contributed by atoms with Crippen molar-refractivity contribution in [2.75, 3.05) is 6.54 Å². The van der Waals surface area contributed by atoms with Gasteiger partial charge in [-0.15, -0.1) is 5.10 Å². The van der Waals surface area contributed by atoms with Crippen molar-refractivity contribution in [1.82, 2.24) is 15.1 Å². The number of halogens is 1. The van der Waals surface area contributed by atoms with E-state index in [4.69, 9.17) is 4.42 Å². The average molecular weight is 321 g/mol. The highest BCUT2D eigenvalue weighted by atomic mass is 19.1. The molecular weight excluding hydrogens is 301 g/mol. The van der Waals surface area contributed by atoms with E-state index in [9.17, 15) is 14.0 Å². The maximum Gasteiger partial charge on any atom is 0.437 e. The van der Waals surface area contributed by atoms with E-state index in [1.54, 1.807) is 0 Å². The monoisotopic (exact) mass is 321 g/mol. The Hall–Kier alpha value is -2.44. The third-order valence-electron chi connectivity index (χ3n) is 3.19. The minimum absolute atomic E-state index is 0.0532. The van der Waals surface area contributed by atoms with Crippen molar-refractivity contribution in [2.45, 2.75) is 33.7 Å². The van der Waals surface area contributed by atoms with Crippen molar-refractivity contribution >= 4 is 5.91 Å². The molecule has 2 rings (SSSR count). The van der Waals surface area contributed by atoms with Crippen LogP contribution in [-0.4, -0.2) is 22.2 Å². The van der Waals surface area contributed by atoms with Crippen molar-refractivity contribution < 1.29 is 13.6 Å². The third kappa shape index (κ3) is 5.05. The molecule has 1 N–H and O–H groups in total. The number of rotatable bonds is 5. The number of hydrogen-bond acceptors (Lipinski definition) is 4. The second-order valence-electron chi connectivity index (χ2n) is 6.50. The minimum Gasteiger partial charge on any atom is -0.388 e. The molecule has 1 heterocycles. The second kappa shape index (κ2) is 6.76. The molecule has 0 aliphatic rings. The molecular formula is C16H20FN3O3. The lowest BCUT2D eigenvalue weighted by Gasteiger charge is -2.17. The summed E-state index contributed by atoms with van der Waals surface area (Å²) in [6, 6.07) is 5.39. The van der Waals surface area contributed by atoms with Gasteiger partial charge in [-0.1, -0.05) is 20.8 Å². The van der Waals surface area contributed by atoms with Crippen LogP contribution in [0.2, 0.25) is 0 Å². The van der Waals surface area contributed by atoms with Crippen molar-refractivity contribution in [2.24, 2.45) is 5.41 Å². The number of carbonyl (C=O) groups excluding carboxylic acids is 1. The SMILES string of the molecule is CC(C)(C)CCNC(=O)Cn1nc(-c2ccc(F)cc2)oc1=O. The summed E-state index contributed by atoms with van der Waals surface area (Å²) in [7, 11) is 0. The molecule has 0 aliphatic carbocycles. The van der Waals surface area contributed by atoms with Crippen LogP contribution in [0.5, 0.6) is 0 Å². The van der Waals surface area contributed by atoms with Crippen LogP contribution in [0.1, 0.15) is 27.2 Å². The van der Waals surface area contributed by atoms with Crippen LogP contribution in [0, 0.1) is 11.2 Å². The second-order valence-corrected chi connectivity index (χ2v) is 6.50. The molecule has 6 nitrogen and oxygen atoms in total. The van der Waals surface area contributed by atoms with Crippen LogP contribution in [0.4, 0.5) is 4.39 Å². The van der Waals surface area contributed by atoms with E-state index in [1.165, 1.54) is 24.3 Å². The molecule has 2 aromatic rings. The molecule has 0 saturated carbocycles. The molecule has 0 saturated heterocycles. The molecule has 1 amide bonds. The van der Waals surface area contributed by atoms with Gasteiger partial charge in [0.15, 0.2) is 0 Å². The Morgan fingerprint density at radius 1 is 1.30 bits per heavy atom. The Morgan fingerprint density at radius 2 is 1.96 bits per heavy atom. The van der Waals surface area contributed by atoms with Gasteiger partial charge in [0.2, 0.25) is 11.8 Å². The van der Waals surface area contributed by atoms with E-state index in [0.717, 1.165) is 11.1 Å². The lowest BCUT2D eigenvalue weighted by Crippen LogP contribution is -2.33. The standard InChI is InChI=1S/C16H20FN3O3/c1-16(2,3)8-9-18-13(21)10-20-15(22)23-14(19-20)11-4-6-12(17)7-5-11/h4-7H,8-10H2,1-3H3,(H,18,21). The maximum atomic E-state index is 12.9. The van der Waals surface area contributed by atoms with E-state index >= 15 is 0 Å². The highest BCUT2D eigenvalue weighted by Crippen LogP contribution is 2.17. The van der Waals surface area contributed by atoms with E-state index in [2.05, 4.69) is 31.2 Å². The Balaban J connectivity index is 2.00. The van der Waals surface area contributed by atoms with Gasteiger partial charge in [0.05, 0.1) is 0 Å². The Bertz CT molecular complexity index is 726. The molecule has 1 aromatic heterocycles. The van der Waals surface area contributed by atoms with Crippen molar-refractivity contribution in [1.29, 1.82) is 0 Å². The summed E-state index contributed by atoms with van der Waals surface area (Å²) < 4.78 is 18.8. The number of benzene rings is 1. The molecule has 124 valence electrons. The number of carbonyl (C=O) groups is 1. The Morgan fingerprint density at radius 3 is 2.57 bits per heavy atom. The number of amides is 1. The summed E-state index contributed by atoms with van der Waals surface area (Å²) in [5, 5.41) is 6.70. The predicted octanol–water partition coefficient (Wildman–Crippen LogP) is 2.19. The smallest absolute Gasteiger partial charge is 0.388 e. The normalized spacial score (nSPS) is 11.5. The van der Waals surface area contributed by atoms with Gasteiger partial charge in [0, 0.05) is 12.1 Å². The van der Waals surface area contributed by atoms with Crippen LogP contribution in [0.15, 0.2) is 33.5 Å². The summed E-state index contributed by atoms with van der Waals surface area (Å²) in [5.41, 5.74) is 0.587. The van der Waals surface area contributed by atoms with Crippen molar-refractivity contribution in [3.05, 3.63) is 40.6 Å². The van der Waals surface area contributed by atoms with Crippen molar-refractivity contribution in [3.8, 4) is 11.5 Å². The molecule has 0 radical (unpaired) electrons. The fraction of sp³-hybridized carbons (Fsp3) is 0.438. The zero-order chi connectivity index (χ0) is 17.0. The van der Waals surface area contributed by atoms with Gasteiger partial charge in [0.1, 0.15) is 12.4 Å². The molecule has 23 heavy (non-hydrogen) atoms. The van der Waals surface area contributed by atoms with Crippen LogP contribution >= 0.6 is 0 Å². The van der Waals surface area contributed by atoms with Crippen LogP contribution in [0.3, 0.4) is 0 Å². The fourth-order valence-electron chi connectivity index (χ4n) is 1.88. The van der Waals surface area contributed by atoms with Gasteiger partial charge in [-0.3, -0.25) is 4.79 Å². The van der Waals surface area contributed by atoms with Crippen molar-refractivity contribution in [3.63, 3.8) is 0 Å². The summed E-state index contributed by atoms with van der Waals surface area (Å²) in [5.74, 6) is -1.38. The topological polar surface area (TPSA) is 77.1 Å². The summed E-state index contributed by atoms with van der Waals surface area (Å²) in [6.45, 7) is 6.55. The fourth-order valence-corrected chi connectivity index (χ4v) is 1.88. The third-order valence-corrected chi connectivity index (χ3v) is 3.19. The Kier molecular flexibility index (Phi) is 4.98. The molecule has 0 aliphatic heterocycles. The first kappa shape index (κ1) is 16.9. The van der Waals surface area contributed by atoms with Crippen LogP contribution < -0.4 is 11.1 Å². The average Bonchev–Trinajstić information content (AvgIpc) is 2.79. The first-order valence-electron chi connectivity index (χ1n) is 7.35. The first-order chi connectivity index (χ1) is 10.7. The summed E-state index contributed by atoms with van der Waals surface area (Å²) >= 11 is 0. The van der Waals surface area contributed by atoms with Gasteiger partial charge in [-0.2, -0.15) is 4.68 Å². The Labute approximate surface area is 133 Å². The van der Waals surface area contributed by atoms with E-state index in [1.807, 2.05) is 0 Å². The molecule has 0 bridgehead atoms. The molecule has 7 heteroatoms. The van der Waals surface area contributed by atoms with Gasteiger partial charge in [-0.05, 0) is 36.1 Å². The maximum absolute atomic E-state index is 12.9. The molecule has 0 fully saturated rings. The number of aromatic nitrogens is 2. The van der Waals surface area contributed by atoms with Gasteiger partial charge in [-0.25, -0.2) is 9.18 Å². The highest BCUT2D eigenvalue weighted by Gasteiger charge is 2.14. The predicted molar refractivity (Wildman–Crippen MR) is 83.2 cm³/mol. The number of hydrogen-bond donors (Lipinski definition) is 1. The zero-order valence-electron chi connectivity index (χ0n) is 13.4. The van der Waals surface area contributed by atoms with E-state index in [-0.39, 0.29) is 23.8 Å². The lowest BCUT2D eigenvalue weighted by molar-refractivity contribution is -0.122. The highest BCUT2D eigenvalue weighted by molar-refractivity contribution is 5.75. The molecule has 0 unspecified atom stereocenters. The quantitative estimate of drug-likeness (QED) is 0.916. The molecule has 1 aromatic carbocycles. The lowest BCUT2D eigenvalue weighted by atomic mass is 9.92. The van der Waals surface area contributed by atoms with Crippen LogP contribution in [-0.2, 0) is 11.3 Å². The van der Waals surface area contributed by atoms with Gasteiger partial charge < -0.3 is 9.73 Å². The van der Waals surface area contributed by atoms with E-state index in [0.29, 0.717) is 12.1 Å². The van der Waals surface area contributed by atoms with E-state index < -0.39 is 11.6 Å².